The highest BCUT2D eigenvalue weighted by atomic mass is 16.9. The molecule has 0 unspecified atom stereocenters. The number of aromatic carboxylic acids is 1. The van der Waals surface area contributed by atoms with Crippen LogP contribution in [0.1, 0.15) is 22.8 Å². The molecule has 0 aliphatic rings. The smallest absolute Gasteiger partial charge is 0.339 e. The highest BCUT2D eigenvalue weighted by Gasteiger charge is 2.16. The molecule has 2 aromatic rings. The normalized spacial score (nSPS) is 10.0. The molecule has 2 aromatic carbocycles. The summed E-state index contributed by atoms with van der Waals surface area (Å²) in [5.74, 6) is -1.99. The lowest BCUT2D eigenvalue weighted by atomic mass is 9.98. The van der Waals surface area contributed by atoms with Crippen molar-refractivity contribution in [3.8, 4) is 16.9 Å². The van der Waals surface area contributed by atoms with E-state index in [1.54, 1.807) is 24.3 Å². The number of carboxylic acid groups (broad SMARTS) is 1. The second-order valence-electron chi connectivity index (χ2n) is 4.76. The largest absolute Gasteiger partial charge is 0.478 e. The molecule has 8 nitrogen and oxygen atoms in total. The highest BCUT2D eigenvalue weighted by molar-refractivity contribution is 5.93. The zero-order valence-electron chi connectivity index (χ0n) is 12.6. The third kappa shape index (κ3) is 4.07. The molecule has 124 valence electrons. The molecule has 0 fully saturated rings. The quantitative estimate of drug-likeness (QED) is 0.374. The fourth-order valence-corrected chi connectivity index (χ4v) is 2.16. The molecule has 0 bridgehead atoms. The van der Waals surface area contributed by atoms with Gasteiger partial charge in [-0.05, 0) is 28.8 Å². The number of rotatable bonds is 6. The fraction of sp³-hybridized carbons (Fsp3) is 0.125. The number of carbonyl (C=O) groups excluding carboxylic acids is 1. The van der Waals surface area contributed by atoms with Crippen LogP contribution < -0.4 is 4.74 Å². The van der Waals surface area contributed by atoms with E-state index in [1.165, 1.54) is 18.2 Å². The molecule has 0 aliphatic carbocycles. The van der Waals surface area contributed by atoms with Crippen molar-refractivity contribution in [1.82, 2.24) is 0 Å². The number of esters is 1. The van der Waals surface area contributed by atoms with E-state index in [4.69, 9.17) is 9.84 Å². The first kappa shape index (κ1) is 16.9. The maximum Gasteiger partial charge on any atom is 0.339 e. The van der Waals surface area contributed by atoms with Crippen molar-refractivity contribution in [3.63, 3.8) is 0 Å². The molecular formula is C16H13NO7. The van der Waals surface area contributed by atoms with Crippen LogP contribution in [0.5, 0.6) is 5.75 Å². The van der Waals surface area contributed by atoms with Gasteiger partial charge < -0.3 is 14.7 Å². The predicted molar refractivity (Wildman–Crippen MR) is 81.9 cm³/mol. The maximum absolute atomic E-state index is 11.2. The summed E-state index contributed by atoms with van der Waals surface area (Å²) < 4.78 is 4.95. The molecule has 0 atom stereocenters. The van der Waals surface area contributed by atoms with E-state index in [-0.39, 0.29) is 17.9 Å². The van der Waals surface area contributed by atoms with Gasteiger partial charge in [0.1, 0.15) is 17.9 Å². The van der Waals surface area contributed by atoms with Gasteiger partial charge >= 0.3 is 11.9 Å². The Bertz CT molecular complexity index is 801. The zero-order valence-corrected chi connectivity index (χ0v) is 12.6. The summed E-state index contributed by atoms with van der Waals surface area (Å²) in [4.78, 5) is 37.1. The minimum Gasteiger partial charge on any atom is -0.478 e. The van der Waals surface area contributed by atoms with Gasteiger partial charge in [0.05, 0.1) is 0 Å². The van der Waals surface area contributed by atoms with Crippen LogP contribution in [0.25, 0.3) is 11.1 Å². The molecule has 0 aliphatic heterocycles. The number of hydrogen-bond donors (Lipinski definition) is 1. The van der Waals surface area contributed by atoms with Crippen molar-refractivity contribution in [2.75, 3.05) is 0 Å². The molecule has 1 N–H and O–H groups in total. The van der Waals surface area contributed by atoms with Crippen LogP contribution in [0.2, 0.25) is 0 Å². The summed E-state index contributed by atoms with van der Waals surface area (Å²) in [7, 11) is 0. The SMILES string of the molecule is CC(=O)Oc1cc(-c2ccccc2CO[N+](=O)[O-])ccc1C(=O)O. The predicted octanol–water partition coefficient (Wildman–Crippen LogP) is 2.69. The van der Waals surface area contributed by atoms with Gasteiger partial charge in [-0.25, -0.2) is 4.79 Å². The summed E-state index contributed by atoms with van der Waals surface area (Å²) in [5.41, 5.74) is 1.52. The topological polar surface area (TPSA) is 116 Å². The van der Waals surface area contributed by atoms with Crippen molar-refractivity contribution in [2.45, 2.75) is 13.5 Å². The molecule has 2 rings (SSSR count). The van der Waals surface area contributed by atoms with E-state index >= 15 is 0 Å². The fourth-order valence-electron chi connectivity index (χ4n) is 2.16. The van der Waals surface area contributed by atoms with E-state index in [9.17, 15) is 19.7 Å². The molecule has 24 heavy (non-hydrogen) atoms. The average Bonchev–Trinajstić information content (AvgIpc) is 2.52. The Morgan fingerprint density at radius 3 is 2.54 bits per heavy atom. The average molecular weight is 331 g/mol. The lowest BCUT2D eigenvalue weighted by Gasteiger charge is -2.12. The van der Waals surface area contributed by atoms with Crippen LogP contribution in [-0.2, 0) is 16.2 Å². The maximum atomic E-state index is 11.2. The van der Waals surface area contributed by atoms with Crippen molar-refractivity contribution in [1.29, 1.82) is 0 Å². The molecule has 0 saturated carbocycles. The Hall–Kier alpha value is -3.42. The van der Waals surface area contributed by atoms with Crippen molar-refractivity contribution >= 4 is 11.9 Å². The van der Waals surface area contributed by atoms with Gasteiger partial charge in [-0.1, -0.05) is 30.3 Å². The lowest BCUT2D eigenvalue weighted by Crippen LogP contribution is -2.07. The Kier molecular flexibility index (Phi) is 5.10. The van der Waals surface area contributed by atoms with Gasteiger partial charge in [-0.3, -0.25) is 4.79 Å². The molecule has 0 heterocycles. The van der Waals surface area contributed by atoms with Gasteiger partial charge in [0.15, 0.2) is 0 Å². The lowest BCUT2D eigenvalue weighted by molar-refractivity contribution is -0.763. The van der Waals surface area contributed by atoms with Crippen LogP contribution in [0.4, 0.5) is 0 Å². The van der Waals surface area contributed by atoms with E-state index in [2.05, 4.69) is 4.84 Å². The van der Waals surface area contributed by atoms with E-state index in [1.807, 2.05) is 0 Å². The standard InChI is InChI=1S/C16H13NO7/c1-10(18)24-15-8-11(6-7-14(15)16(19)20)13-5-3-2-4-12(13)9-23-17(21)22/h2-8H,9H2,1H3,(H,19,20). The van der Waals surface area contributed by atoms with Crippen LogP contribution in [0.15, 0.2) is 42.5 Å². The first-order valence-electron chi connectivity index (χ1n) is 6.80. The minimum atomic E-state index is -1.23. The van der Waals surface area contributed by atoms with Gasteiger partial charge in [0.2, 0.25) is 0 Å². The van der Waals surface area contributed by atoms with Crippen molar-refractivity contribution in [3.05, 3.63) is 63.7 Å². The Labute approximate surface area is 136 Å². The first-order valence-corrected chi connectivity index (χ1v) is 6.80. The highest BCUT2D eigenvalue weighted by Crippen LogP contribution is 2.30. The number of carbonyl (C=O) groups is 2. The van der Waals surface area contributed by atoms with Crippen molar-refractivity contribution < 1.29 is 29.4 Å². The van der Waals surface area contributed by atoms with E-state index < -0.39 is 17.0 Å². The summed E-state index contributed by atoms with van der Waals surface area (Å²) >= 11 is 0. The molecule has 0 saturated heterocycles. The Balaban J connectivity index is 2.47. The Morgan fingerprint density at radius 2 is 1.92 bits per heavy atom. The molecule has 8 heteroatoms. The number of hydrogen-bond acceptors (Lipinski definition) is 6. The Morgan fingerprint density at radius 1 is 1.21 bits per heavy atom. The van der Waals surface area contributed by atoms with Gasteiger partial charge in [-0.2, -0.15) is 0 Å². The van der Waals surface area contributed by atoms with Crippen LogP contribution >= 0.6 is 0 Å². The summed E-state index contributed by atoms with van der Waals surface area (Å²) in [6.45, 7) is 0.907. The number of benzene rings is 2. The van der Waals surface area contributed by atoms with E-state index in [0.29, 0.717) is 16.7 Å². The van der Waals surface area contributed by atoms with E-state index in [0.717, 1.165) is 6.92 Å². The van der Waals surface area contributed by atoms with Crippen molar-refractivity contribution in [2.24, 2.45) is 0 Å². The second kappa shape index (κ2) is 7.23. The minimum absolute atomic E-state index is 0.0995. The summed E-state index contributed by atoms with van der Waals surface area (Å²) in [6, 6.07) is 11.0. The summed E-state index contributed by atoms with van der Waals surface area (Å²) in [6.07, 6.45) is 0. The van der Waals surface area contributed by atoms with Crippen LogP contribution in [0, 0.1) is 10.1 Å². The van der Waals surface area contributed by atoms with Crippen LogP contribution in [0.3, 0.4) is 0 Å². The monoisotopic (exact) mass is 331 g/mol. The molecule has 0 spiro atoms. The number of nitrogens with zero attached hydrogens (tertiary/aromatic N) is 1. The molecule has 0 aromatic heterocycles. The molecule has 0 amide bonds. The third-order valence-electron chi connectivity index (χ3n) is 3.12. The second-order valence-corrected chi connectivity index (χ2v) is 4.76. The molecule has 0 radical (unpaired) electrons. The first-order chi connectivity index (χ1) is 11.4. The molecular weight excluding hydrogens is 318 g/mol. The zero-order chi connectivity index (χ0) is 17.7. The van der Waals surface area contributed by atoms with Gasteiger partial charge in [-0.15, -0.1) is 10.1 Å². The number of carboxylic acids is 1. The van der Waals surface area contributed by atoms with Gasteiger partial charge in [0.25, 0.3) is 5.09 Å². The third-order valence-corrected chi connectivity index (χ3v) is 3.12. The number of ether oxygens (including phenoxy) is 1. The van der Waals surface area contributed by atoms with Crippen LogP contribution in [-0.4, -0.2) is 22.1 Å². The van der Waals surface area contributed by atoms with Gasteiger partial charge in [0, 0.05) is 6.92 Å². The summed E-state index contributed by atoms with van der Waals surface area (Å²) in [5, 5.41) is 18.6.